The molecule has 1 saturated heterocycles. The van der Waals surface area contributed by atoms with Crippen LogP contribution in [0.3, 0.4) is 0 Å². The summed E-state index contributed by atoms with van der Waals surface area (Å²) in [4.78, 5) is 2.48. The first kappa shape index (κ1) is 8.97. The predicted molar refractivity (Wildman–Crippen MR) is 47.6 cm³/mol. The summed E-state index contributed by atoms with van der Waals surface area (Å²) in [5, 5.41) is 3.22. The van der Waals surface area contributed by atoms with Crippen molar-refractivity contribution in [1.82, 2.24) is 10.2 Å². The van der Waals surface area contributed by atoms with Crippen LogP contribution in [0.5, 0.6) is 0 Å². The van der Waals surface area contributed by atoms with E-state index in [4.69, 9.17) is 5.73 Å². The molecule has 1 aliphatic heterocycles. The maximum Gasteiger partial charge on any atom is 0.0221 e. The van der Waals surface area contributed by atoms with Crippen molar-refractivity contribution >= 4 is 0 Å². The van der Waals surface area contributed by atoms with E-state index in [1.54, 1.807) is 0 Å². The Balaban J connectivity index is 2.25. The minimum absolute atomic E-state index is 0.739. The topological polar surface area (TPSA) is 41.3 Å². The van der Waals surface area contributed by atoms with E-state index in [0.717, 1.165) is 25.7 Å². The molecule has 3 nitrogen and oxygen atoms in total. The van der Waals surface area contributed by atoms with Crippen molar-refractivity contribution in [2.75, 3.05) is 33.2 Å². The van der Waals surface area contributed by atoms with Crippen LogP contribution in [0.2, 0.25) is 0 Å². The number of rotatable bonds is 4. The van der Waals surface area contributed by atoms with Crippen LogP contribution in [0.15, 0.2) is 0 Å². The molecule has 11 heavy (non-hydrogen) atoms. The quantitative estimate of drug-likeness (QED) is 0.585. The van der Waals surface area contributed by atoms with E-state index >= 15 is 0 Å². The Bertz CT molecular complexity index is 93.5. The van der Waals surface area contributed by atoms with Crippen LogP contribution in [0, 0.1) is 0 Å². The molecule has 1 aliphatic rings. The Labute approximate surface area is 68.9 Å². The lowest BCUT2D eigenvalue weighted by molar-refractivity contribution is 0.257. The zero-order valence-electron chi connectivity index (χ0n) is 7.34. The number of likely N-dealkylation sites (tertiary alicyclic amines) is 1. The van der Waals surface area contributed by atoms with Gasteiger partial charge in [0.2, 0.25) is 0 Å². The van der Waals surface area contributed by atoms with Crippen molar-refractivity contribution in [3.63, 3.8) is 0 Å². The SMILES string of the molecule is CNC[C@@H]1CCCN1CCN. The van der Waals surface area contributed by atoms with Crippen molar-refractivity contribution in [2.24, 2.45) is 5.73 Å². The summed E-state index contributed by atoms with van der Waals surface area (Å²) in [7, 11) is 2.01. The maximum absolute atomic E-state index is 5.50. The van der Waals surface area contributed by atoms with E-state index in [-0.39, 0.29) is 0 Å². The molecule has 66 valence electrons. The molecule has 3 heteroatoms. The Kier molecular flexibility index (Phi) is 3.83. The van der Waals surface area contributed by atoms with Gasteiger partial charge in [-0.3, -0.25) is 4.90 Å². The molecule has 0 unspecified atom stereocenters. The van der Waals surface area contributed by atoms with Gasteiger partial charge in [0.25, 0.3) is 0 Å². The van der Waals surface area contributed by atoms with Gasteiger partial charge in [0.15, 0.2) is 0 Å². The van der Waals surface area contributed by atoms with Crippen LogP contribution in [0.25, 0.3) is 0 Å². The third-order valence-corrected chi connectivity index (χ3v) is 2.36. The van der Waals surface area contributed by atoms with E-state index in [1.165, 1.54) is 19.4 Å². The average molecular weight is 157 g/mol. The molecule has 0 bridgehead atoms. The van der Waals surface area contributed by atoms with Crippen LogP contribution in [-0.4, -0.2) is 44.2 Å². The Morgan fingerprint density at radius 2 is 2.45 bits per heavy atom. The fraction of sp³-hybridized carbons (Fsp3) is 1.00. The van der Waals surface area contributed by atoms with Crippen LogP contribution in [0.4, 0.5) is 0 Å². The largest absolute Gasteiger partial charge is 0.329 e. The fourth-order valence-electron chi connectivity index (χ4n) is 1.82. The normalized spacial score (nSPS) is 26.2. The van der Waals surface area contributed by atoms with E-state index < -0.39 is 0 Å². The van der Waals surface area contributed by atoms with Gasteiger partial charge >= 0.3 is 0 Å². The molecule has 0 aliphatic carbocycles. The number of likely N-dealkylation sites (N-methyl/N-ethyl adjacent to an activating group) is 1. The second kappa shape index (κ2) is 4.70. The molecule has 1 heterocycles. The molecule has 1 fully saturated rings. The molecule has 0 aromatic carbocycles. The van der Waals surface area contributed by atoms with Gasteiger partial charge < -0.3 is 11.1 Å². The summed E-state index contributed by atoms with van der Waals surface area (Å²) >= 11 is 0. The van der Waals surface area contributed by atoms with Gasteiger partial charge in [-0.15, -0.1) is 0 Å². The van der Waals surface area contributed by atoms with Crippen molar-refractivity contribution in [3.8, 4) is 0 Å². The minimum atomic E-state index is 0.739. The first-order valence-corrected chi connectivity index (χ1v) is 4.47. The number of nitrogens with zero attached hydrogens (tertiary/aromatic N) is 1. The van der Waals surface area contributed by atoms with Crippen molar-refractivity contribution in [3.05, 3.63) is 0 Å². The number of nitrogens with one attached hydrogen (secondary N) is 1. The smallest absolute Gasteiger partial charge is 0.0221 e. The van der Waals surface area contributed by atoms with E-state index in [1.807, 2.05) is 7.05 Å². The Morgan fingerprint density at radius 3 is 3.09 bits per heavy atom. The molecule has 0 aromatic rings. The fourth-order valence-corrected chi connectivity index (χ4v) is 1.82. The highest BCUT2D eigenvalue weighted by molar-refractivity contribution is 4.80. The molecule has 3 N–H and O–H groups in total. The number of hydrogen-bond donors (Lipinski definition) is 2. The molecule has 1 atom stereocenters. The van der Waals surface area contributed by atoms with Gasteiger partial charge in [-0.25, -0.2) is 0 Å². The predicted octanol–water partition coefficient (Wildman–Crippen LogP) is -0.371. The molecular formula is C8H19N3. The molecular weight excluding hydrogens is 138 g/mol. The van der Waals surface area contributed by atoms with Crippen molar-refractivity contribution < 1.29 is 0 Å². The summed E-state index contributed by atoms with van der Waals surface area (Å²) in [6.45, 7) is 4.20. The highest BCUT2D eigenvalue weighted by Crippen LogP contribution is 2.14. The Hall–Kier alpha value is -0.120. The van der Waals surface area contributed by atoms with Crippen molar-refractivity contribution in [1.29, 1.82) is 0 Å². The lowest BCUT2D eigenvalue weighted by Crippen LogP contribution is -2.39. The van der Waals surface area contributed by atoms with Crippen LogP contribution in [0.1, 0.15) is 12.8 Å². The molecule has 0 aromatic heterocycles. The van der Waals surface area contributed by atoms with Crippen LogP contribution >= 0.6 is 0 Å². The molecule has 1 rings (SSSR count). The third kappa shape index (κ3) is 2.43. The molecule has 0 amide bonds. The van der Waals surface area contributed by atoms with Crippen molar-refractivity contribution in [2.45, 2.75) is 18.9 Å². The summed E-state index contributed by atoms with van der Waals surface area (Å²) in [5.74, 6) is 0. The highest BCUT2D eigenvalue weighted by Gasteiger charge is 2.22. The molecule has 0 saturated carbocycles. The van der Waals surface area contributed by atoms with Gasteiger partial charge in [-0.05, 0) is 26.4 Å². The van der Waals surface area contributed by atoms with Crippen LogP contribution < -0.4 is 11.1 Å². The zero-order chi connectivity index (χ0) is 8.10. The van der Waals surface area contributed by atoms with Crippen LogP contribution in [-0.2, 0) is 0 Å². The second-order valence-electron chi connectivity index (χ2n) is 3.18. The first-order chi connectivity index (χ1) is 5.38. The average Bonchev–Trinajstić information content (AvgIpc) is 2.39. The lowest BCUT2D eigenvalue weighted by atomic mass is 10.2. The zero-order valence-corrected chi connectivity index (χ0v) is 7.34. The highest BCUT2D eigenvalue weighted by atomic mass is 15.2. The van der Waals surface area contributed by atoms with E-state index in [0.29, 0.717) is 0 Å². The summed E-state index contributed by atoms with van der Waals surface area (Å²) in [6, 6.07) is 0.739. The van der Waals surface area contributed by atoms with Gasteiger partial charge in [0.05, 0.1) is 0 Å². The number of nitrogens with two attached hydrogens (primary N) is 1. The minimum Gasteiger partial charge on any atom is -0.329 e. The monoisotopic (exact) mass is 157 g/mol. The summed E-state index contributed by atoms with van der Waals surface area (Å²) in [5.41, 5.74) is 5.50. The second-order valence-corrected chi connectivity index (χ2v) is 3.18. The third-order valence-electron chi connectivity index (χ3n) is 2.36. The van der Waals surface area contributed by atoms with E-state index in [2.05, 4.69) is 10.2 Å². The van der Waals surface area contributed by atoms with E-state index in [9.17, 15) is 0 Å². The van der Waals surface area contributed by atoms with Gasteiger partial charge in [-0.1, -0.05) is 0 Å². The lowest BCUT2D eigenvalue weighted by Gasteiger charge is -2.23. The standard InChI is InChI=1S/C8H19N3/c1-10-7-8-3-2-5-11(8)6-4-9/h8,10H,2-7,9H2,1H3/t8-/m0/s1. The van der Waals surface area contributed by atoms with Gasteiger partial charge in [0.1, 0.15) is 0 Å². The summed E-state index contributed by atoms with van der Waals surface area (Å²) < 4.78 is 0. The summed E-state index contributed by atoms with van der Waals surface area (Å²) in [6.07, 6.45) is 2.67. The Morgan fingerprint density at radius 1 is 1.64 bits per heavy atom. The van der Waals surface area contributed by atoms with Gasteiger partial charge in [0, 0.05) is 25.7 Å². The molecule has 0 spiro atoms. The van der Waals surface area contributed by atoms with Gasteiger partial charge in [-0.2, -0.15) is 0 Å². The first-order valence-electron chi connectivity index (χ1n) is 4.47. The molecule has 0 radical (unpaired) electrons. The number of hydrogen-bond acceptors (Lipinski definition) is 3. The maximum atomic E-state index is 5.50.